The second-order valence-electron chi connectivity index (χ2n) is 4.77. The highest BCUT2D eigenvalue weighted by Crippen LogP contribution is 2.16. The Labute approximate surface area is 118 Å². The Hall–Kier alpha value is -1.33. The molecule has 0 aliphatic carbocycles. The van der Waals surface area contributed by atoms with Crippen molar-refractivity contribution in [2.75, 3.05) is 25.4 Å². The molecule has 0 spiro atoms. The third-order valence-electron chi connectivity index (χ3n) is 3.37. The molecular weight excluding hydrogens is 264 g/mol. The predicted octanol–water partition coefficient (Wildman–Crippen LogP) is 1.53. The maximum absolute atomic E-state index is 12.1. The number of nitrogens with one attached hydrogen (secondary N) is 1. The van der Waals surface area contributed by atoms with E-state index in [9.17, 15) is 4.79 Å². The molecule has 0 aromatic carbocycles. The molecule has 6 heteroatoms. The number of likely N-dealkylation sites (N-methyl/N-ethyl adjacent to an activating group) is 1. The number of nitrogen functional groups attached to an aromatic ring is 1. The first-order valence-electron chi connectivity index (χ1n) is 6.55. The molecule has 0 bridgehead atoms. The number of hydrogen-bond donors (Lipinski definition) is 2. The average Bonchev–Trinajstić information content (AvgIpc) is 2.41. The molecule has 1 atom stereocenters. The van der Waals surface area contributed by atoms with Crippen LogP contribution >= 0.6 is 11.6 Å². The zero-order valence-electron chi connectivity index (χ0n) is 11.0. The number of nitrogens with two attached hydrogens (primary N) is 1. The normalized spacial score (nSPS) is 20.2. The Morgan fingerprint density at radius 1 is 1.63 bits per heavy atom. The van der Waals surface area contributed by atoms with Crippen molar-refractivity contribution in [3.8, 4) is 0 Å². The molecule has 1 unspecified atom stereocenters. The molecule has 1 fully saturated rings. The van der Waals surface area contributed by atoms with Crippen molar-refractivity contribution in [1.82, 2.24) is 15.2 Å². The van der Waals surface area contributed by atoms with E-state index in [1.165, 1.54) is 0 Å². The lowest BCUT2D eigenvalue weighted by Gasteiger charge is -2.32. The summed E-state index contributed by atoms with van der Waals surface area (Å²) in [7, 11) is 0. The SMILES string of the molecule is CCN1CCCC(NC(=O)c2nc(N)ccc2Cl)C1. The molecule has 1 saturated heterocycles. The number of rotatable bonds is 3. The van der Waals surface area contributed by atoms with Gasteiger partial charge in [-0.2, -0.15) is 0 Å². The molecular formula is C13H19ClN4O. The van der Waals surface area contributed by atoms with Gasteiger partial charge in [-0.05, 0) is 38.1 Å². The van der Waals surface area contributed by atoms with Gasteiger partial charge in [0.1, 0.15) is 11.5 Å². The van der Waals surface area contributed by atoms with E-state index in [2.05, 4.69) is 22.1 Å². The first-order chi connectivity index (χ1) is 9.10. The summed E-state index contributed by atoms with van der Waals surface area (Å²) in [5.41, 5.74) is 5.79. The Morgan fingerprint density at radius 3 is 3.16 bits per heavy atom. The maximum Gasteiger partial charge on any atom is 0.271 e. The van der Waals surface area contributed by atoms with Crippen LogP contribution in [0.25, 0.3) is 0 Å². The molecule has 0 radical (unpaired) electrons. The average molecular weight is 283 g/mol. The van der Waals surface area contributed by atoms with Crippen LogP contribution in [0.15, 0.2) is 12.1 Å². The topological polar surface area (TPSA) is 71.2 Å². The van der Waals surface area contributed by atoms with Crippen LogP contribution < -0.4 is 11.1 Å². The fourth-order valence-corrected chi connectivity index (χ4v) is 2.52. The van der Waals surface area contributed by atoms with Gasteiger partial charge in [-0.15, -0.1) is 0 Å². The van der Waals surface area contributed by atoms with E-state index < -0.39 is 0 Å². The number of aromatic nitrogens is 1. The minimum absolute atomic E-state index is 0.153. The van der Waals surface area contributed by atoms with Crippen LogP contribution in [0.2, 0.25) is 5.02 Å². The molecule has 1 aromatic heterocycles. The highest BCUT2D eigenvalue weighted by Gasteiger charge is 2.22. The summed E-state index contributed by atoms with van der Waals surface area (Å²) >= 11 is 5.98. The number of hydrogen-bond acceptors (Lipinski definition) is 4. The largest absolute Gasteiger partial charge is 0.384 e. The lowest BCUT2D eigenvalue weighted by Crippen LogP contribution is -2.47. The summed E-state index contributed by atoms with van der Waals surface area (Å²) < 4.78 is 0. The smallest absolute Gasteiger partial charge is 0.271 e. The monoisotopic (exact) mass is 282 g/mol. The molecule has 0 saturated carbocycles. The van der Waals surface area contributed by atoms with Crippen molar-refractivity contribution in [3.63, 3.8) is 0 Å². The summed E-state index contributed by atoms with van der Waals surface area (Å²) in [6.07, 6.45) is 2.08. The summed E-state index contributed by atoms with van der Waals surface area (Å²) in [5, 5.41) is 3.31. The summed E-state index contributed by atoms with van der Waals surface area (Å²) in [4.78, 5) is 18.5. The third kappa shape index (κ3) is 3.58. The number of amides is 1. The molecule has 2 rings (SSSR count). The minimum Gasteiger partial charge on any atom is -0.384 e. The van der Waals surface area contributed by atoms with Gasteiger partial charge in [-0.3, -0.25) is 4.79 Å². The number of likely N-dealkylation sites (tertiary alicyclic amines) is 1. The Bertz CT molecular complexity index is 466. The highest BCUT2D eigenvalue weighted by molar-refractivity contribution is 6.33. The summed E-state index contributed by atoms with van der Waals surface area (Å²) in [6.45, 7) is 5.10. The number of anilines is 1. The van der Waals surface area contributed by atoms with Gasteiger partial charge < -0.3 is 16.0 Å². The zero-order valence-corrected chi connectivity index (χ0v) is 11.8. The molecule has 104 valence electrons. The highest BCUT2D eigenvalue weighted by atomic mass is 35.5. The molecule has 1 aromatic rings. The van der Waals surface area contributed by atoms with Gasteiger partial charge >= 0.3 is 0 Å². The number of carbonyl (C=O) groups is 1. The Morgan fingerprint density at radius 2 is 2.42 bits per heavy atom. The van der Waals surface area contributed by atoms with Crippen LogP contribution in [-0.4, -0.2) is 41.5 Å². The van der Waals surface area contributed by atoms with Gasteiger partial charge in [-0.1, -0.05) is 18.5 Å². The van der Waals surface area contributed by atoms with Crippen LogP contribution in [0.1, 0.15) is 30.3 Å². The van der Waals surface area contributed by atoms with Crippen molar-refractivity contribution in [2.45, 2.75) is 25.8 Å². The van der Waals surface area contributed by atoms with Crippen LogP contribution in [-0.2, 0) is 0 Å². The van der Waals surface area contributed by atoms with Gasteiger partial charge in [0, 0.05) is 12.6 Å². The Balaban J connectivity index is 2.02. The van der Waals surface area contributed by atoms with Crippen molar-refractivity contribution < 1.29 is 4.79 Å². The number of pyridine rings is 1. The minimum atomic E-state index is -0.250. The van der Waals surface area contributed by atoms with Crippen molar-refractivity contribution in [3.05, 3.63) is 22.8 Å². The number of piperidine rings is 1. The number of halogens is 1. The molecule has 1 amide bonds. The summed E-state index contributed by atoms with van der Waals surface area (Å²) in [6, 6.07) is 3.33. The maximum atomic E-state index is 12.1. The van der Waals surface area contributed by atoms with Gasteiger partial charge in [-0.25, -0.2) is 4.98 Å². The van der Waals surface area contributed by atoms with E-state index in [0.29, 0.717) is 10.8 Å². The standard InChI is InChI=1S/C13H19ClN4O/c1-2-18-7-3-4-9(8-18)16-13(19)12-10(14)5-6-11(15)17-12/h5-6,9H,2-4,7-8H2,1H3,(H2,15,17)(H,16,19). The second kappa shape index (κ2) is 6.21. The van der Waals surface area contributed by atoms with E-state index in [0.717, 1.165) is 32.5 Å². The van der Waals surface area contributed by atoms with Crippen LogP contribution in [0, 0.1) is 0 Å². The predicted molar refractivity (Wildman–Crippen MR) is 76.3 cm³/mol. The van der Waals surface area contributed by atoms with E-state index in [1.54, 1.807) is 12.1 Å². The lowest BCUT2D eigenvalue weighted by atomic mass is 10.1. The molecule has 1 aliphatic heterocycles. The molecule has 1 aliphatic rings. The van der Waals surface area contributed by atoms with E-state index in [4.69, 9.17) is 17.3 Å². The molecule has 3 N–H and O–H groups in total. The van der Waals surface area contributed by atoms with Crippen molar-refractivity contribution in [2.24, 2.45) is 0 Å². The lowest BCUT2D eigenvalue weighted by molar-refractivity contribution is 0.0901. The van der Waals surface area contributed by atoms with Gasteiger partial charge in [0.2, 0.25) is 0 Å². The summed E-state index contributed by atoms with van der Waals surface area (Å²) in [5.74, 6) is 0.0497. The molecule has 5 nitrogen and oxygen atoms in total. The van der Waals surface area contributed by atoms with E-state index >= 15 is 0 Å². The zero-order chi connectivity index (χ0) is 13.8. The van der Waals surface area contributed by atoms with Gasteiger partial charge in [0.05, 0.1) is 5.02 Å². The van der Waals surface area contributed by atoms with Crippen molar-refractivity contribution >= 4 is 23.3 Å². The van der Waals surface area contributed by atoms with Gasteiger partial charge in [0.15, 0.2) is 0 Å². The van der Waals surface area contributed by atoms with Crippen LogP contribution in [0.5, 0.6) is 0 Å². The molecule has 2 heterocycles. The fraction of sp³-hybridized carbons (Fsp3) is 0.538. The quantitative estimate of drug-likeness (QED) is 0.882. The fourth-order valence-electron chi connectivity index (χ4n) is 2.33. The van der Waals surface area contributed by atoms with Crippen molar-refractivity contribution in [1.29, 1.82) is 0 Å². The first-order valence-corrected chi connectivity index (χ1v) is 6.93. The second-order valence-corrected chi connectivity index (χ2v) is 5.18. The number of nitrogens with zero attached hydrogens (tertiary/aromatic N) is 2. The van der Waals surface area contributed by atoms with Gasteiger partial charge in [0.25, 0.3) is 5.91 Å². The number of carbonyl (C=O) groups excluding carboxylic acids is 1. The Kier molecular flexibility index (Phi) is 4.61. The van der Waals surface area contributed by atoms with E-state index in [1.807, 2.05) is 0 Å². The van der Waals surface area contributed by atoms with Crippen LogP contribution in [0.4, 0.5) is 5.82 Å². The van der Waals surface area contributed by atoms with E-state index in [-0.39, 0.29) is 17.6 Å². The van der Waals surface area contributed by atoms with Crippen LogP contribution in [0.3, 0.4) is 0 Å². The third-order valence-corrected chi connectivity index (χ3v) is 3.68. The molecule has 19 heavy (non-hydrogen) atoms. The first kappa shape index (κ1) is 14.1.